The van der Waals surface area contributed by atoms with Gasteiger partial charge in [0.25, 0.3) is 0 Å². The van der Waals surface area contributed by atoms with Crippen molar-refractivity contribution < 1.29 is 19.4 Å². The molecule has 0 radical (unpaired) electrons. The second-order valence-corrected chi connectivity index (χ2v) is 4.45. The lowest BCUT2D eigenvalue weighted by Crippen LogP contribution is -2.22. The Morgan fingerprint density at radius 3 is 2.45 bits per heavy atom. The zero-order chi connectivity index (χ0) is 14.5. The summed E-state index contributed by atoms with van der Waals surface area (Å²) in [5, 5.41) is 9.23. The lowest BCUT2D eigenvalue weighted by molar-refractivity contribution is -0.144. The van der Waals surface area contributed by atoms with E-state index in [9.17, 15) is 4.79 Å². The van der Waals surface area contributed by atoms with Crippen molar-refractivity contribution in [3.05, 3.63) is 47.7 Å². The van der Waals surface area contributed by atoms with Crippen molar-refractivity contribution in [1.29, 1.82) is 0 Å². The van der Waals surface area contributed by atoms with Crippen LogP contribution in [0.1, 0.15) is 6.92 Å². The molecular weight excluding hydrogens is 282 g/mol. The van der Waals surface area contributed by atoms with E-state index in [1.54, 1.807) is 36.5 Å². The molecule has 2 rings (SSSR count). The van der Waals surface area contributed by atoms with Gasteiger partial charge >= 0.3 is 5.97 Å². The van der Waals surface area contributed by atoms with Crippen LogP contribution in [0, 0.1) is 0 Å². The van der Waals surface area contributed by atoms with E-state index < -0.39 is 12.1 Å². The number of rotatable bonds is 5. The second-order valence-electron chi connectivity index (χ2n) is 4.01. The normalized spacial score (nSPS) is 11.7. The standard InChI is InChI=1S/C14H12ClNO4/c1-9(14(17)18)19-11-2-4-12(5-3-11)20-13-6-10(15)7-16-8-13/h2-9H,1H3,(H,17,18). The second kappa shape index (κ2) is 6.25. The van der Waals surface area contributed by atoms with Gasteiger partial charge in [-0.1, -0.05) is 11.6 Å². The van der Waals surface area contributed by atoms with E-state index in [1.165, 1.54) is 13.1 Å². The van der Waals surface area contributed by atoms with Crippen LogP contribution in [-0.4, -0.2) is 22.2 Å². The van der Waals surface area contributed by atoms with E-state index in [4.69, 9.17) is 26.2 Å². The average molecular weight is 294 g/mol. The number of carbonyl (C=O) groups is 1. The number of carboxylic acid groups (broad SMARTS) is 1. The third-order valence-corrected chi connectivity index (χ3v) is 2.61. The topological polar surface area (TPSA) is 68.7 Å². The summed E-state index contributed by atoms with van der Waals surface area (Å²) in [6.07, 6.45) is 2.15. The predicted molar refractivity (Wildman–Crippen MR) is 73.5 cm³/mol. The molecule has 2 aromatic rings. The van der Waals surface area contributed by atoms with Crippen LogP contribution in [0.2, 0.25) is 5.02 Å². The highest BCUT2D eigenvalue weighted by atomic mass is 35.5. The molecule has 0 amide bonds. The van der Waals surface area contributed by atoms with Crippen LogP contribution in [0.25, 0.3) is 0 Å². The maximum atomic E-state index is 10.7. The molecule has 1 unspecified atom stereocenters. The number of hydrogen-bond acceptors (Lipinski definition) is 4. The van der Waals surface area contributed by atoms with E-state index in [0.717, 1.165) is 0 Å². The van der Waals surface area contributed by atoms with Gasteiger partial charge in [-0.05, 0) is 31.2 Å². The van der Waals surface area contributed by atoms with Crippen LogP contribution in [0.5, 0.6) is 17.2 Å². The molecule has 1 aromatic heterocycles. The number of carboxylic acids is 1. The first kappa shape index (κ1) is 14.1. The van der Waals surface area contributed by atoms with Gasteiger partial charge in [0, 0.05) is 12.3 Å². The Balaban J connectivity index is 2.03. The number of pyridine rings is 1. The fraction of sp³-hybridized carbons (Fsp3) is 0.143. The highest BCUT2D eigenvalue weighted by Gasteiger charge is 2.12. The summed E-state index contributed by atoms with van der Waals surface area (Å²) >= 11 is 5.81. The number of aromatic nitrogens is 1. The van der Waals surface area contributed by atoms with Crippen LogP contribution < -0.4 is 9.47 Å². The van der Waals surface area contributed by atoms with Gasteiger partial charge in [-0.25, -0.2) is 4.79 Å². The molecule has 0 aliphatic carbocycles. The van der Waals surface area contributed by atoms with Gasteiger partial charge in [-0.2, -0.15) is 0 Å². The van der Waals surface area contributed by atoms with Gasteiger partial charge in [-0.15, -0.1) is 0 Å². The van der Waals surface area contributed by atoms with Crippen molar-refractivity contribution in [3.8, 4) is 17.2 Å². The quantitative estimate of drug-likeness (QED) is 0.915. The Labute approximate surface area is 120 Å². The molecule has 0 bridgehead atoms. The summed E-state index contributed by atoms with van der Waals surface area (Å²) in [4.78, 5) is 14.6. The van der Waals surface area contributed by atoms with Crippen molar-refractivity contribution in [2.75, 3.05) is 0 Å². The first-order valence-corrected chi connectivity index (χ1v) is 6.20. The summed E-state index contributed by atoms with van der Waals surface area (Å²) in [6.45, 7) is 1.46. The van der Waals surface area contributed by atoms with E-state index >= 15 is 0 Å². The van der Waals surface area contributed by atoms with Gasteiger partial charge in [0.1, 0.15) is 17.2 Å². The summed E-state index contributed by atoms with van der Waals surface area (Å²) in [5.74, 6) is 0.529. The molecule has 0 fully saturated rings. The lowest BCUT2D eigenvalue weighted by atomic mass is 10.3. The Bertz CT molecular complexity index is 600. The van der Waals surface area contributed by atoms with Crippen molar-refractivity contribution in [3.63, 3.8) is 0 Å². The fourth-order valence-electron chi connectivity index (χ4n) is 1.43. The molecule has 1 N–H and O–H groups in total. The summed E-state index contributed by atoms with van der Waals surface area (Å²) in [5.41, 5.74) is 0. The van der Waals surface area contributed by atoms with Gasteiger partial charge in [-0.3, -0.25) is 4.98 Å². The molecule has 1 aromatic carbocycles. The van der Waals surface area contributed by atoms with Crippen LogP contribution in [0.15, 0.2) is 42.7 Å². The Hall–Kier alpha value is -2.27. The molecule has 0 aliphatic heterocycles. The van der Waals surface area contributed by atoms with Crippen molar-refractivity contribution in [2.45, 2.75) is 13.0 Å². The smallest absolute Gasteiger partial charge is 0.344 e. The maximum absolute atomic E-state index is 10.7. The van der Waals surface area contributed by atoms with E-state index in [0.29, 0.717) is 22.3 Å². The molecule has 6 heteroatoms. The van der Waals surface area contributed by atoms with Crippen LogP contribution >= 0.6 is 11.6 Å². The molecule has 1 heterocycles. The highest BCUT2D eigenvalue weighted by Crippen LogP contribution is 2.25. The third-order valence-electron chi connectivity index (χ3n) is 2.40. The van der Waals surface area contributed by atoms with Gasteiger partial charge in [0.2, 0.25) is 0 Å². The number of benzene rings is 1. The number of ether oxygens (including phenoxy) is 2. The Kier molecular flexibility index (Phi) is 4.42. The molecule has 5 nitrogen and oxygen atoms in total. The van der Waals surface area contributed by atoms with Gasteiger partial charge < -0.3 is 14.6 Å². The van der Waals surface area contributed by atoms with E-state index in [-0.39, 0.29) is 0 Å². The van der Waals surface area contributed by atoms with Crippen molar-refractivity contribution in [2.24, 2.45) is 0 Å². The average Bonchev–Trinajstić information content (AvgIpc) is 2.41. The van der Waals surface area contributed by atoms with Crippen LogP contribution in [0.3, 0.4) is 0 Å². The number of hydrogen-bond donors (Lipinski definition) is 1. The molecule has 0 saturated carbocycles. The lowest BCUT2D eigenvalue weighted by Gasteiger charge is -2.11. The molecule has 1 atom stereocenters. The SMILES string of the molecule is CC(Oc1ccc(Oc2cncc(Cl)c2)cc1)C(=O)O. The fourth-order valence-corrected chi connectivity index (χ4v) is 1.59. The van der Waals surface area contributed by atoms with Crippen molar-refractivity contribution in [1.82, 2.24) is 4.98 Å². The molecule has 0 saturated heterocycles. The minimum atomic E-state index is -1.02. The van der Waals surface area contributed by atoms with Gasteiger partial charge in [0.15, 0.2) is 6.10 Å². The summed E-state index contributed by atoms with van der Waals surface area (Å²) in [6, 6.07) is 8.25. The minimum absolute atomic E-state index is 0.455. The summed E-state index contributed by atoms with van der Waals surface area (Å²) < 4.78 is 10.8. The largest absolute Gasteiger partial charge is 0.479 e. The number of nitrogens with zero attached hydrogens (tertiary/aromatic N) is 1. The molecular formula is C14H12ClNO4. The predicted octanol–water partition coefficient (Wildman–Crippen LogP) is 3.38. The summed E-state index contributed by atoms with van der Waals surface area (Å²) in [7, 11) is 0. The van der Waals surface area contributed by atoms with Crippen LogP contribution in [0.4, 0.5) is 0 Å². The van der Waals surface area contributed by atoms with E-state index in [1.807, 2.05) is 0 Å². The number of halogens is 1. The van der Waals surface area contributed by atoms with Crippen molar-refractivity contribution >= 4 is 17.6 Å². The monoisotopic (exact) mass is 293 g/mol. The first-order chi connectivity index (χ1) is 9.54. The number of aliphatic carboxylic acids is 1. The third kappa shape index (κ3) is 3.86. The zero-order valence-electron chi connectivity index (χ0n) is 10.6. The van der Waals surface area contributed by atoms with E-state index in [2.05, 4.69) is 4.98 Å². The molecule has 0 aliphatic rings. The van der Waals surface area contributed by atoms with Gasteiger partial charge in [0.05, 0.1) is 11.2 Å². The highest BCUT2D eigenvalue weighted by molar-refractivity contribution is 6.30. The Morgan fingerprint density at radius 1 is 1.20 bits per heavy atom. The Morgan fingerprint density at radius 2 is 1.85 bits per heavy atom. The molecule has 20 heavy (non-hydrogen) atoms. The molecule has 0 spiro atoms. The first-order valence-electron chi connectivity index (χ1n) is 5.82. The maximum Gasteiger partial charge on any atom is 0.344 e. The molecule has 104 valence electrons. The van der Waals surface area contributed by atoms with Crippen LogP contribution in [-0.2, 0) is 4.79 Å². The minimum Gasteiger partial charge on any atom is -0.479 e. The zero-order valence-corrected chi connectivity index (χ0v) is 11.4.